The third-order valence-corrected chi connectivity index (χ3v) is 14.0. The summed E-state index contributed by atoms with van der Waals surface area (Å²) < 4.78 is 7.03. The summed E-state index contributed by atoms with van der Waals surface area (Å²) in [6.07, 6.45) is 0. The number of fused-ring (bicyclic) bond motifs is 6. The number of rotatable bonds is 8. The van der Waals surface area contributed by atoms with Gasteiger partial charge in [0, 0.05) is 42.9 Å². The van der Waals surface area contributed by atoms with Gasteiger partial charge in [0.05, 0.1) is 31.0 Å². The summed E-state index contributed by atoms with van der Waals surface area (Å²) in [6.45, 7) is 0.256. The van der Waals surface area contributed by atoms with Crippen LogP contribution in [0, 0.1) is 34.0 Å². The monoisotopic (exact) mass is 880 g/mol. The predicted octanol–water partition coefficient (Wildman–Crippen LogP) is 11.0. The molecule has 8 nitrogen and oxygen atoms in total. The molecule has 1 saturated heterocycles. The number of hydrogen-bond donors (Lipinski definition) is 1. The molecule has 2 bridgehead atoms. The van der Waals surface area contributed by atoms with E-state index in [9.17, 15) is 10.7 Å². The van der Waals surface area contributed by atoms with Crippen LogP contribution in [0.15, 0.2) is 146 Å². The zero-order chi connectivity index (χ0) is 42.4. The van der Waals surface area contributed by atoms with Crippen LogP contribution in [-0.2, 0) is 38.4 Å². The maximum Gasteiger partial charge on any atom is 0.243 e. The van der Waals surface area contributed by atoms with Crippen molar-refractivity contribution in [3.05, 3.63) is 199 Å². The summed E-state index contributed by atoms with van der Waals surface area (Å²) in [6, 6.07) is 44.4. The highest BCUT2D eigenvalue weighted by molar-refractivity contribution is 6.32. The van der Waals surface area contributed by atoms with Crippen molar-refractivity contribution in [1.82, 2.24) is 0 Å². The SMILES string of the molecule is N#C[C@]12C(=N)O[C@](c3ccc(Cl)cc3)([C@@H]1[C@H]1C(=O)N(Cc3ccccc3)c3ccc(Cl)cc31)[C@]1(C(=O)N(Cc3ccccc3)c3ccc(Cl)cc31)[C@H]2C(=O)c1ccc(Cl)cc1. The molecule has 3 heterocycles. The van der Waals surface area contributed by atoms with Gasteiger partial charge in [-0.1, -0.05) is 119 Å². The Morgan fingerprint density at radius 3 is 1.84 bits per heavy atom. The average Bonchev–Trinajstić information content (AvgIpc) is 3.85. The number of benzene rings is 6. The first-order valence-electron chi connectivity index (χ1n) is 19.5. The molecule has 3 aliphatic heterocycles. The average molecular weight is 883 g/mol. The van der Waals surface area contributed by atoms with Crippen LogP contribution in [0.4, 0.5) is 11.4 Å². The quantitative estimate of drug-likeness (QED) is 0.153. The molecule has 1 spiro atoms. The summed E-state index contributed by atoms with van der Waals surface area (Å²) >= 11 is 26.6. The summed E-state index contributed by atoms with van der Waals surface area (Å²) in [5.74, 6) is -6.38. The number of ether oxygens (including phenoxy) is 1. The lowest BCUT2D eigenvalue weighted by Gasteiger charge is -2.48. The third-order valence-electron chi connectivity index (χ3n) is 13.0. The van der Waals surface area contributed by atoms with Gasteiger partial charge in [-0.25, -0.2) is 0 Å². The number of hydrogen-bond acceptors (Lipinski definition) is 6. The number of amides is 2. The van der Waals surface area contributed by atoms with Gasteiger partial charge in [-0.3, -0.25) is 19.8 Å². The highest BCUT2D eigenvalue weighted by Crippen LogP contribution is 2.79. The van der Waals surface area contributed by atoms with E-state index in [0.717, 1.165) is 11.1 Å². The lowest BCUT2D eigenvalue weighted by atomic mass is 9.57. The molecule has 0 aromatic heterocycles. The lowest BCUT2D eigenvalue weighted by Crippen LogP contribution is -2.62. The molecular weight excluding hydrogens is 850 g/mol. The fraction of sp³-hybridized carbons (Fsp3) is 0.163. The van der Waals surface area contributed by atoms with Crippen molar-refractivity contribution in [2.45, 2.75) is 30.0 Å². The Morgan fingerprint density at radius 2 is 1.23 bits per heavy atom. The molecule has 1 aliphatic carbocycles. The van der Waals surface area contributed by atoms with Gasteiger partial charge in [-0.05, 0) is 101 Å². The van der Waals surface area contributed by atoms with Crippen molar-refractivity contribution in [2.24, 2.45) is 17.3 Å². The van der Waals surface area contributed by atoms with Gasteiger partial charge >= 0.3 is 0 Å². The highest BCUT2D eigenvalue weighted by Gasteiger charge is 2.91. The number of nitriles is 1. The first-order chi connectivity index (χ1) is 29.5. The van der Waals surface area contributed by atoms with Crippen molar-refractivity contribution in [2.75, 3.05) is 9.80 Å². The van der Waals surface area contributed by atoms with Crippen LogP contribution in [0.3, 0.4) is 0 Å². The minimum absolute atomic E-state index is 0.0852. The minimum atomic E-state index is -2.24. The molecule has 2 fully saturated rings. The zero-order valence-corrected chi connectivity index (χ0v) is 35.0. The predicted molar refractivity (Wildman–Crippen MR) is 235 cm³/mol. The highest BCUT2D eigenvalue weighted by atomic mass is 35.5. The maximum atomic E-state index is 16.5. The van der Waals surface area contributed by atoms with Gasteiger partial charge in [0.25, 0.3) is 0 Å². The van der Waals surface area contributed by atoms with E-state index in [1.54, 1.807) is 94.7 Å². The van der Waals surface area contributed by atoms with Crippen molar-refractivity contribution >= 4 is 81.3 Å². The molecule has 12 heteroatoms. The molecule has 2 amide bonds. The molecule has 300 valence electrons. The van der Waals surface area contributed by atoms with Gasteiger partial charge < -0.3 is 14.5 Å². The van der Waals surface area contributed by atoms with Gasteiger partial charge in [0.2, 0.25) is 17.7 Å². The Labute approximate surface area is 371 Å². The van der Waals surface area contributed by atoms with E-state index in [0.29, 0.717) is 43.1 Å². The van der Waals surface area contributed by atoms with Crippen LogP contribution in [0.1, 0.15) is 44.1 Å². The number of anilines is 2. The van der Waals surface area contributed by atoms with E-state index in [2.05, 4.69) is 6.07 Å². The van der Waals surface area contributed by atoms with Crippen molar-refractivity contribution < 1.29 is 19.1 Å². The van der Waals surface area contributed by atoms with E-state index in [4.69, 9.17) is 51.1 Å². The van der Waals surface area contributed by atoms with Gasteiger partial charge in [0.1, 0.15) is 5.41 Å². The summed E-state index contributed by atoms with van der Waals surface area (Å²) in [5.41, 5.74) is -2.50. The molecule has 6 atom stereocenters. The van der Waals surface area contributed by atoms with Gasteiger partial charge in [0.15, 0.2) is 16.8 Å². The molecule has 61 heavy (non-hydrogen) atoms. The van der Waals surface area contributed by atoms with Crippen molar-refractivity contribution in [1.29, 1.82) is 10.7 Å². The van der Waals surface area contributed by atoms with Crippen LogP contribution in [0.5, 0.6) is 0 Å². The molecule has 4 aliphatic rings. The van der Waals surface area contributed by atoms with E-state index in [1.165, 1.54) is 0 Å². The van der Waals surface area contributed by atoms with E-state index in [1.807, 2.05) is 60.7 Å². The minimum Gasteiger partial charge on any atom is -0.466 e. The fourth-order valence-electron chi connectivity index (χ4n) is 10.7. The summed E-state index contributed by atoms with van der Waals surface area (Å²) in [4.78, 5) is 51.3. The van der Waals surface area contributed by atoms with Crippen LogP contribution in [0.2, 0.25) is 20.1 Å². The summed E-state index contributed by atoms with van der Waals surface area (Å²) in [5, 5.41) is 23.2. The second-order valence-electron chi connectivity index (χ2n) is 15.9. The molecular formula is C49H32Cl4N4O4. The standard InChI is InChI=1S/C49H32Cl4N4O4/c50-32-15-11-30(12-16-32)41(58)43-47(27-54)42(40-36-23-34(52)19-21-38(36)56(44(40)59)25-28-7-3-1-4-8-28)49(61-45(47)55,31-13-17-33(51)18-14-31)48(43)37-24-35(53)20-22-39(37)57(46(48)60)26-29-9-5-2-6-10-29/h1-24,40,42-43,55H,25-26H2/t40-,42+,43-,47-,48-,49+/m0/s1. The molecule has 0 radical (unpaired) electrons. The second-order valence-corrected chi connectivity index (χ2v) is 17.6. The number of Topliss-reactive ketones (excluding diaryl/α,β-unsaturated/α-hetero) is 1. The number of nitrogens with one attached hydrogen (secondary N) is 1. The normalized spacial score (nSPS) is 25.8. The Bertz CT molecular complexity index is 2870. The van der Waals surface area contributed by atoms with Crippen molar-refractivity contribution in [3.8, 4) is 6.07 Å². The second kappa shape index (κ2) is 14.3. The number of carbonyl (C=O) groups is 3. The molecule has 6 aromatic carbocycles. The Kier molecular flexibility index (Phi) is 9.21. The van der Waals surface area contributed by atoms with Crippen LogP contribution in [0.25, 0.3) is 0 Å². The first-order valence-corrected chi connectivity index (χ1v) is 21.0. The van der Waals surface area contributed by atoms with Gasteiger partial charge in [-0.15, -0.1) is 0 Å². The molecule has 1 saturated carbocycles. The van der Waals surface area contributed by atoms with Crippen molar-refractivity contribution in [3.63, 3.8) is 0 Å². The van der Waals surface area contributed by atoms with E-state index >= 15 is 14.4 Å². The Hall–Kier alpha value is -5.95. The largest absolute Gasteiger partial charge is 0.466 e. The maximum absolute atomic E-state index is 16.5. The Balaban J connectivity index is 1.33. The van der Waals surface area contributed by atoms with Gasteiger partial charge in [-0.2, -0.15) is 5.26 Å². The fourth-order valence-corrected chi connectivity index (χ4v) is 11.3. The molecule has 6 aromatic rings. The molecule has 0 unspecified atom stereocenters. The number of nitrogens with zero attached hydrogens (tertiary/aromatic N) is 3. The Morgan fingerprint density at radius 1 is 0.689 bits per heavy atom. The smallest absolute Gasteiger partial charge is 0.243 e. The van der Waals surface area contributed by atoms with Crippen LogP contribution in [-0.4, -0.2) is 23.5 Å². The topological polar surface area (TPSA) is 115 Å². The lowest BCUT2D eigenvalue weighted by molar-refractivity contribution is -0.139. The van der Waals surface area contributed by atoms with Crippen LogP contribution < -0.4 is 9.80 Å². The molecule has 10 rings (SSSR count). The number of halogens is 4. The van der Waals surface area contributed by atoms with Crippen LogP contribution >= 0.6 is 46.4 Å². The van der Waals surface area contributed by atoms with E-state index < -0.39 is 57.7 Å². The summed E-state index contributed by atoms with van der Waals surface area (Å²) in [7, 11) is 0. The number of carbonyl (C=O) groups excluding carboxylic acids is 3. The zero-order valence-electron chi connectivity index (χ0n) is 32.0. The third kappa shape index (κ3) is 5.38. The first kappa shape index (κ1) is 39.2. The number of ketones is 1. The van der Waals surface area contributed by atoms with E-state index in [-0.39, 0.29) is 23.7 Å². The molecule has 1 N–H and O–H groups in total.